The van der Waals surface area contributed by atoms with Crippen LogP contribution in [0.5, 0.6) is 0 Å². The van der Waals surface area contributed by atoms with E-state index in [0.29, 0.717) is 17.7 Å². The number of unbranched alkanes of at least 4 members (excludes halogenated alkanes) is 1. The average Bonchev–Trinajstić information content (AvgIpc) is 2.32. The van der Waals surface area contributed by atoms with Gasteiger partial charge in [-0.3, -0.25) is 0 Å². The molecule has 1 aliphatic heterocycles. The molecule has 0 aromatic carbocycles. The normalized spacial score (nSPS) is 36.2. The summed E-state index contributed by atoms with van der Waals surface area (Å²) < 4.78 is 0. The van der Waals surface area contributed by atoms with Gasteiger partial charge in [0.2, 0.25) is 0 Å². The van der Waals surface area contributed by atoms with Crippen LogP contribution in [0.4, 0.5) is 0 Å². The van der Waals surface area contributed by atoms with Crippen LogP contribution in [0.25, 0.3) is 0 Å². The summed E-state index contributed by atoms with van der Waals surface area (Å²) in [6.07, 6.45) is 9.23. The minimum absolute atomic E-state index is 0.444. The van der Waals surface area contributed by atoms with Crippen LogP contribution in [-0.2, 0) is 0 Å². The Balaban J connectivity index is 3.14. The molecule has 2 atom stereocenters. The third kappa shape index (κ3) is 2.92. The van der Waals surface area contributed by atoms with E-state index in [1.165, 1.54) is 0 Å². The highest BCUT2D eigenvalue weighted by Crippen LogP contribution is 2.34. The van der Waals surface area contributed by atoms with Crippen molar-refractivity contribution in [2.45, 2.75) is 44.4 Å². The first-order valence-corrected chi connectivity index (χ1v) is 6.29. The van der Waals surface area contributed by atoms with Crippen molar-refractivity contribution in [3.63, 3.8) is 0 Å². The van der Waals surface area contributed by atoms with E-state index in [1.54, 1.807) is 31.2 Å². The standard InChI is InChI=1S/C15H23NO2/c1-5-6-11-15(18)12(2)9-7-8-10-13(3)16-14(15,4)17/h7-10,16-18H,2-3,5-6,11H2,1,4H3/b9-7-,10-8-. The molecule has 3 nitrogen and oxygen atoms in total. The highest BCUT2D eigenvalue weighted by atomic mass is 16.4. The highest BCUT2D eigenvalue weighted by Gasteiger charge is 2.47. The second kappa shape index (κ2) is 5.55. The van der Waals surface area contributed by atoms with E-state index in [4.69, 9.17) is 0 Å². The molecular weight excluding hydrogens is 226 g/mol. The highest BCUT2D eigenvalue weighted by molar-refractivity contribution is 5.35. The van der Waals surface area contributed by atoms with Crippen LogP contribution in [0.1, 0.15) is 33.1 Å². The molecule has 18 heavy (non-hydrogen) atoms. The molecule has 0 bridgehead atoms. The Kier molecular flexibility index (Phi) is 4.54. The number of nitrogens with one attached hydrogen (secondary N) is 1. The van der Waals surface area contributed by atoms with Crippen molar-refractivity contribution >= 4 is 0 Å². The zero-order valence-electron chi connectivity index (χ0n) is 11.2. The van der Waals surface area contributed by atoms with Crippen LogP contribution in [0, 0.1) is 0 Å². The zero-order valence-corrected chi connectivity index (χ0v) is 11.2. The fourth-order valence-corrected chi connectivity index (χ4v) is 2.09. The van der Waals surface area contributed by atoms with E-state index in [1.807, 2.05) is 6.92 Å². The smallest absolute Gasteiger partial charge is 0.166 e. The van der Waals surface area contributed by atoms with Crippen LogP contribution in [-0.4, -0.2) is 21.5 Å². The van der Waals surface area contributed by atoms with Gasteiger partial charge in [0.25, 0.3) is 0 Å². The summed E-state index contributed by atoms with van der Waals surface area (Å²) in [5.74, 6) is 0. The number of hydrogen-bond acceptors (Lipinski definition) is 3. The van der Waals surface area contributed by atoms with Gasteiger partial charge in [-0.25, -0.2) is 0 Å². The summed E-state index contributed by atoms with van der Waals surface area (Å²) in [7, 11) is 0. The van der Waals surface area contributed by atoms with Gasteiger partial charge in [0.05, 0.1) is 0 Å². The topological polar surface area (TPSA) is 52.5 Å². The average molecular weight is 249 g/mol. The molecule has 0 saturated heterocycles. The molecule has 0 saturated carbocycles. The van der Waals surface area contributed by atoms with Crippen molar-refractivity contribution in [1.82, 2.24) is 5.32 Å². The summed E-state index contributed by atoms with van der Waals surface area (Å²) in [5, 5.41) is 24.2. The van der Waals surface area contributed by atoms with E-state index in [0.717, 1.165) is 12.8 Å². The molecular formula is C15H23NO2. The van der Waals surface area contributed by atoms with Crippen molar-refractivity contribution in [3.05, 3.63) is 48.7 Å². The molecule has 1 heterocycles. The Hall–Kier alpha value is -1.32. The first-order valence-electron chi connectivity index (χ1n) is 6.29. The maximum Gasteiger partial charge on any atom is 0.166 e. The van der Waals surface area contributed by atoms with Gasteiger partial charge in [-0.05, 0) is 25.0 Å². The van der Waals surface area contributed by atoms with Crippen molar-refractivity contribution in [1.29, 1.82) is 0 Å². The summed E-state index contributed by atoms with van der Waals surface area (Å²) in [6.45, 7) is 11.3. The summed E-state index contributed by atoms with van der Waals surface area (Å²) in [6, 6.07) is 0. The summed E-state index contributed by atoms with van der Waals surface area (Å²) in [4.78, 5) is 0. The summed E-state index contributed by atoms with van der Waals surface area (Å²) >= 11 is 0. The molecule has 1 rings (SSSR count). The van der Waals surface area contributed by atoms with Crippen LogP contribution in [0.2, 0.25) is 0 Å². The molecule has 0 spiro atoms. The molecule has 0 aromatic heterocycles. The predicted molar refractivity (Wildman–Crippen MR) is 74.8 cm³/mol. The van der Waals surface area contributed by atoms with Crippen LogP contribution >= 0.6 is 0 Å². The predicted octanol–water partition coefficient (Wildman–Crippen LogP) is 2.40. The van der Waals surface area contributed by atoms with Gasteiger partial charge in [-0.1, -0.05) is 51.2 Å². The lowest BCUT2D eigenvalue weighted by molar-refractivity contribution is -0.135. The molecule has 1 aliphatic rings. The molecule has 0 amide bonds. The Bertz CT molecular complexity index is 393. The largest absolute Gasteiger partial charge is 0.380 e. The lowest BCUT2D eigenvalue weighted by Gasteiger charge is -2.43. The van der Waals surface area contributed by atoms with E-state index in [-0.39, 0.29) is 0 Å². The minimum atomic E-state index is -1.50. The molecule has 0 fully saturated rings. The zero-order chi connectivity index (χ0) is 13.8. The number of hydrogen-bond donors (Lipinski definition) is 3. The first-order chi connectivity index (χ1) is 8.33. The van der Waals surface area contributed by atoms with Gasteiger partial charge in [0.15, 0.2) is 5.72 Å². The molecule has 0 radical (unpaired) electrons. The number of aliphatic hydroxyl groups is 2. The van der Waals surface area contributed by atoms with E-state index in [9.17, 15) is 10.2 Å². The van der Waals surface area contributed by atoms with Crippen molar-refractivity contribution < 1.29 is 10.2 Å². The first kappa shape index (κ1) is 14.7. The quantitative estimate of drug-likeness (QED) is 0.720. The second-order valence-corrected chi connectivity index (χ2v) is 4.93. The minimum Gasteiger partial charge on any atom is -0.380 e. The van der Waals surface area contributed by atoms with Gasteiger partial charge >= 0.3 is 0 Å². The summed E-state index contributed by atoms with van der Waals surface area (Å²) in [5.41, 5.74) is -1.87. The van der Waals surface area contributed by atoms with Crippen molar-refractivity contribution in [2.75, 3.05) is 0 Å². The van der Waals surface area contributed by atoms with Gasteiger partial charge < -0.3 is 15.5 Å². The number of rotatable bonds is 3. The molecule has 0 aromatic rings. The molecule has 3 heteroatoms. The molecule has 3 N–H and O–H groups in total. The lowest BCUT2D eigenvalue weighted by atomic mass is 9.80. The third-order valence-electron chi connectivity index (χ3n) is 3.34. The molecule has 0 aliphatic carbocycles. The van der Waals surface area contributed by atoms with Crippen molar-refractivity contribution in [3.8, 4) is 0 Å². The SMILES string of the molecule is C=C1/C=C\C=C/C(=C)C(O)(CCCC)C(C)(O)N1. The fourth-order valence-electron chi connectivity index (χ4n) is 2.09. The van der Waals surface area contributed by atoms with Crippen LogP contribution < -0.4 is 5.32 Å². The van der Waals surface area contributed by atoms with E-state index < -0.39 is 11.3 Å². The monoisotopic (exact) mass is 249 g/mol. The fraction of sp³-hybridized carbons (Fsp3) is 0.467. The van der Waals surface area contributed by atoms with Gasteiger partial charge in [0.1, 0.15) is 5.60 Å². The van der Waals surface area contributed by atoms with E-state index in [2.05, 4.69) is 18.5 Å². The maximum atomic E-state index is 10.8. The molecule has 100 valence electrons. The third-order valence-corrected chi connectivity index (χ3v) is 3.34. The molecule has 2 unspecified atom stereocenters. The maximum absolute atomic E-state index is 10.8. The lowest BCUT2D eigenvalue weighted by Crippen LogP contribution is -2.61. The van der Waals surface area contributed by atoms with E-state index >= 15 is 0 Å². The van der Waals surface area contributed by atoms with Crippen LogP contribution in [0.15, 0.2) is 48.7 Å². The Morgan fingerprint density at radius 3 is 2.44 bits per heavy atom. The van der Waals surface area contributed by atoms with Crippen LogP contribution in [0.3, 0.4) is 0 Å². The van der Waals surface area contributed by atoms with Gasteiger partial charge in [-0.2, -0.15) is 0 Å². The van der Waals surface area contributed by atoms with Gasteiger partial charge in [0, 0.05) is 5.70 Å². The Morgan fingerprint density at radius 2 is 1.83 bits per heavy atom. The Morgan fingerprint density at radius 1 is 1.22 bits per heavy atom. The van der Waals surface area contributed by atoms with Gasteiger partial charge in [-0.15, -0.1) is 0 Å². The Labute approximate surface area is 109 Å². The van der Waals surface area contributed by atoms with Crippen molar-refractivity contribution in [2.24, 2.45) is 0 Å². The second-order valence-electron chi connectivity index (χ2n) is 4.93. The number of allylic oxidation sites excluding steroid dienone is 3.